The molecule has 0 rings (SSSR count). The Morgan fingerprint density at radius 3 is 2.44 bits per heavy atom. The highest BCUT2D eigenvalue weighted by atomic mass is 32.2. The van der Waals surface area contributed by atoms with E-state index in [-0.39, 0.29) is 0 Å². The molecule has 0 amide bonds. The predicted molar refractivity (Wildman–Crippen MR) is 47.2 cm³/mol. The van der Waals surface area contributed by atoms with Crippen molar-refractivity contribution < 1.29 is 35.7 Å². The molecular weight excluding hydrogens is 253 g/mol. The quantitative estimate of drug-likeness (QED) is 0.437. The van der Waals surface area contributed by atoms with Crippen LogP contribution in [0.5, 0.6) is 0 Å². The van der Waals surface area contributed by atoms with E-state index in [1.54, 1.807) is 0 Å². The summed E-state index contributed by atoms with van der Waals surface area (Å²) in [6.07, 6.45) is -3.50. The second-order valence-electron chi connectivity index (χ2n) is 2.66. The van der Waals surface area contributed by atoms with E-state index in [1.807, 2.05) is 0 Å². The summed E-state index contributed by atoms with van der Waals surface area (Å²) < 4.78 is 70.2. The van der Waals surface area contributed by atoms with Crippen LogP contribution in [0.3, 0.4) is 0 Å². The molecule has 0 aliphatic heterocycles. The van der Waals surface area contributed by atoms with Gasteiger partial charge in [-0.15, -0.1) is 0 Å². The minimum absolute atomic E-state index is 0.730. The summed E-state index contributed by atoms with van der Waals surface area (Å²) in [7, 11) is -5.83. The van der Waals surface area contributed by atoms with Gasteiger partial charge in [-0.05, 0) is 0 Å². The fourth-order valence-corrected chi connectivity index (χ4v) is 1.09. The second-order valence-corrected chi connectivity index (χ2v) is 4.16. The number of rotatable bonds is 6. The molecule has 0 saturated heterocycles. The summed E-state index contributed by atoms with van der Waals surface area (Å²) in [4.78, 5) is 10.4. The lowest BCUT2D eigenvalue weighted by Crippen LogP contribution is -2.39. The first-order valence-corrected chi connectivity index (χ1v) is 5.35. The third-order valence-corrected chi connectivity index (χ3v) is 2.43. The smallest absolute Gasteiger partial charge is 0.400 e. The van der Waals surface area contributed by atoms with E-state index >= 15 is 0 Å². The van der Waals surface area contributed by atoms with Crippen LogP contribution in [0.2, 0.25) is 0 Å². The van der Waals surface area contributed by atoms with Gasteiger partial charge in [0.2, 0.25) is 0 Å². The minimum atomic E-state index is -5.83. The van der Waals surface area contributed by atoms with Crippen molar-refractivity contribution in [1.29, 1.82) is 0 Å². The van der Waals surface area contributed by atoms with Crippen LogP contribution in [0.1, 0.15) is 6.42 Å². The van der Waals surface area contributed by atoms with Crippen LogP contribution in [0, 0.1) is 0 Å². The summed E-state index contributed by atoms with van der Waals surface area (Å²) in [6.45, 7) is 2.24. The van der Waals surface area contributed by atoms with E-state index in [1.165, 1.54) is 0 Å². The van der Waals surface area contributed by atoms with Crippen LogP contribution < -0.4 is 0 Å². The topological polar surface area (TPSA) is 80.7 Å². The van der Waals surface area contributed by atoms with Crippen LogP contribution in [-0.4, -0.2) is 37.0 Å². The first kappa shape index (κ1) is 14.9. The summed E-state index contributed by atoms with van der Waals surface area (Å²) >= 11 is 0. The Hall–Kier alpha value is -1.09. The molecule has 0 saturated carbocycles. The molecule has 0 aliphatic rings. The Labute approximate surface area is 89.6 Å². The highest BCUT2D eigenvalue weighted by molar-refractivity contribution is 7.86. The molecule has 1 unspecified atom stereocenters. The number of carbonyl (C=O) groups is 1. The molecule has 1 N–H and O–H groups in total. The number of hydrogen-bond acceptors (Lipinski definition) is 4. The van der Waals surface area contributed by atoms with Gasteiger partial charge in [-0.2, -0.15) is 17.2 Å². The molecule has 1 atom stereocenters. The molecule has 0 aromatic carbocycles. The van der Waals surface area contributed by atoms with Gasteiger partial charge in [-0.1, -0.05) is 6.58 Å². The minimum Gasteiger partial charge on any atom is -0.462 e. The van der Waals surface area contributed by atoms with Gasteiger partial charge in [0, 0.05) is 12.5 Å². The molecular formula is C7H9F3O5S. The molecule has 0 spiro atoms. The molecule has 5 nitrogen and oxygen atoms in total. The molecule has 16 heavy (non-hydrogen) atoms. The van der Waals surface area contributed by atoms with E-state index in [0.29, 0.717) is 0 Å². The van der Waals surface area contributed by atoms with Gasteiger partial charge in [0.25, 0.3) is 0 Å². The van der Waals surface area contributed by atoms with E-state index in [0.717, 1.165) is 6.08 Å². The van der Waals surface area contributed by atoms with E-state index in [4.69, 9.17) is 4.55 Å². The number of alkyl halides is 3. The molecule has 94 valence electrons. The van der Waals surface area contributed by atoms with Gasteiger partial charge < -0.3 is 4.74 Å². The lowest BCUT2D eigenvalue weighted by Gasteiger charge is -2.16. The Morgan fingerprint density at radius 2 is 2.06 bits per heavy atom. The van der Waals surface area contributed by atoms with Gasteiger partial charge in [0.05, 0.1) is 6.61 Å². The van der Waals surface area contributed by atoms with Gasteiger partial charge >= 0.3 is 21.3 Å². The molecule has 0 aromatic rings. The highest BCUT2D eigenvalue weighted by Gasteiger charge is 2.52. The Kier molecular flexibility index (Phi) is 4.94. The number of esters is 1. The van der Waals surface area contributed by atoms with Crippen molar-refractivity contribution in [2.24, 2.45) is 0 Å². The van der Waals surface area contributed by atoms with Crippen molar-refractivity contribution in [2.45, 2.75) is 17.8 Å². The zero-order chi connectivity index (χ0) is 13.0. The number of hydrogen-bond donors (Lipinski definition) is 1. The lowest BCUT2D eigenvalue weighted by molar-refractivity contribution is -0.138. The van der Waals surface area contributed by atoms with Crippen LogP contribution in [0.25, 0.3) is 0 Å². The largest absolute Gasteiger partial charge is 0.462 e. The van der Waals surface area contributed by atoms with Crippen LogP contribution >= 0.6 is 0 Å². The molecule has 0 aliphatic carbocycles. The molecule has 0 aromatic heterocycles. The maximum atomic E-state index is 12.7. The van der Waals surface area contributed by atoms with Crippen molar-refractivity contribution in [3.05, 3.63) is 12.7 Å². The van der Waals surface area contributed by atoms with E-state index in [2.05, 4.69) is 11.3 Å². The fraction of sp³-hybridized carbons (Fsp3) is 0.571. The lowest BCUT2D eigenvalue weighted by atomic mass is 10.3. The van der Waals surface area contributed by atoms with Crippen molar-refractivity contribution in [2.75, 3.05) is 6.61 Å². The normalized spacial score (nSPS) is 14.2. The number of carbonyl (C=O) groups excluding carboxylic acids is 1. The van der Waals surface area contributed by atoms with Crippen molar-refractivity contribution in [3.63, 3.8) is 0 Å². The van der Waals surface area contributed by atoms with Crippen LogP contribution in [-0.2, 0) is 19.6 Å². The van der Waals surface area contributed by atoms with Gasteiger partial charge in [0.15, 0.2) is 6.17 Å². The molecule has 0 radical (unpaired) electrons. The monoisotopic (exact) mass is 262 g/mol. The average Bonchev–Trinajstić information content (AvgIpc) is 2.15. The maximum Gasteiger partial charge on any atom is 0.400 e. The zero-order valence-electron chi connectivity index (χ0n) is 7.90. The molecule has 9 heteroatoms. The summed E-state index contributed by atoms with van der Waals surface area (Å²) in [5.74, 6) is -0.956. The number of ether oxygens (including phenoxy) is 1. The zero-order valence-corrected chi connectivity index (χ0v) is 8.71. The van der Waals surface area contributed by atoms with Crippen molar-refractivity contribution in [1.82, 2.24) is 0 Å². The van der Waals surface area contributed by atoms with Gasteiger partial charge in [0.1, 0.15) is 0 Å². The Balaban J connectivity index is 4.32. The van der Waals surface area contributed by atoms with Crippen LogP contribution in [0.4, 0.5) is 13.2 Å². The molecule has 0 heterocycles. The second kappa shape index (κ2) is 5.30. The first-order valence-electron chi connectivity index (χ1n) is 3.91. The van der Waals surface area contributed by atoms with Gasteiger partial charge in [-0.3, -0.25) is 4.55 Å². The standard InChI is InChI=1S/C7H9F3O5S/c1-2-6(11)15-4-3-5(8)7(9,10)16(12,13)14/h2,5H,1,3-4H2,(H,12,13,14). The average molecular weight is 262 g/mol. The Bertz CT molecular complexity index is 364. The molecule has 0 fully saturated rings. The van der Waals surface area contributed by atoms with Gasteiger partial charge in [-0.25, -0.2) is 9.18 Å². The van der Waals surface area contributed by atoms with Crippen molar-refractivity contribution >= 4 is 16.1 Å². The van der Waals surface area contributed by atoms with Crippen LogP contribution in [0.15, 0.2) is 12.7 Å². The summed E-state index contributed by atoms with van der Waals surface area (Å²) in [6, 6.07) is 0. The summed E-state index contributed by atoms with van der Waals surface area (Å²) in [5, 5.41) is -4.92. The first-order chi connectivity index (χ1) is 7.13. The maximum absolute atomic E-state index is 12.7. The predicted octanol–water partition coefficient (Wildman–Crippen LogP) is 0.924. The molecule has 0 bridgehead atoms. The number of halogens is 3. The fourth-order valence-electron chi connectivity index (χ4n) is 0.652. The third-order valence-electron chi connectivity index (χ3n) is 1.49. The Morgan fingerprint density at radius 1 is 1.56 bits per heavy atom. The summed E-state index contributed by atoms with van der Waals surface area (Å²) in [5.41, 5.74) is 0. The van der Waals surface area contributed by atoms with Crippen molar-refractivity contribution in [3.8, 4) is 0 Å². The van der Waals surface area contributed by atoms with E-state index in [9.17, 15) is 26.4 Å². The third kappa shape index (κ3) is 3.81. The SMILES string of the molecule is C=CC(=O)OCCC(F)C(F)(F)S(=O)(=O)O. The van der Waals surface area contributed by atoms with E-state index < -0.39 is 40.5 Å². The highest BCUT2D eigenvalue weighted by Crippen LogP contribution is 2.29.